The van der Waals surface area contributed by atoms with Crippen molar-refractivity contribution in [3.05, 3.63) is 46.5 Å². The number of rotatable bonds is 4. The Labute approximate surface area is 117 Å². The maximum atomic E-state index is 4.76. The van der Waals surface area contributed by atoms with Crippen molar-refractivity contribution >= 4 is 16.5 Å². The molecule has 2 aliphatic rings. The zero-order valence-corrected chi connectivity index (χ0v) is 11.6. The van der Waals surface area contributed by atoms with E-state index in [0.29, 0.717) is 0 Å². The van der Waals surface area contributed by atoms with Crippen LogP contribution in [0.5, 0.6) is 0 Å². The average Bonchev–Trinajstić information content (AvgIpc) is 2.99. The smallest absolute Gasteiger partial charge is 0.186 e. The molecule has 1 saturated carbocycles. The number of anilines is 1. The lowest BCUT2D eigenvalue weighted by Gasteiger charge is -2.12. The van der Waals surface area contributed by atoms with E-state index in [9.17, 15) is 0 Å². The molecule has 2 aromatic rings. The maximum Gasteiger partial charge on any atom is 0.186 e. The second-order valence-corrected chi connectivity index (χ2v) is 6.24. The van der Waals surface area contributed by atoms with E-state index in [0.717, 1.165) is 30.8 Å². The Kier molecular flexibility index (Phi) is 2.78. The van der Waals surface area contributed by atoms with Gasteiger partial charge in [-0.15, -0.1) is 11.3 Å². The first-order chi connectivity index (χ1) is 9.38. The SMILES string of the molecule is c1ccc2c(c1)CN(c1nc(CNC3CC3)cs1)C2. The van der Waals surface area contributed by atoms with Crippen molar-refractivity contribution in [2.45, 2.75) is 38.5 Å². The molecule has 19 heavy (non-hydrogen) atoms. The molecule has 0 unspecified atom stereocenters. The Morgan fingerprint density at radius 3 is 2.63 bits per heavy atom. The van der Waals surface area contributed by atoms with E-state index in [1.807, 2.05) is 0 Å². The molecule has 4 heteroatoms. The lowest BCUT2D eigenvalue weighted by molar-refractivity contribution is 0.676. The fourth-order valence-corrected chi connectivity index (χ4v) is 3.35. The van der Waals surface area contributed by atoms with Gasteiger partial charge in [-0.05, 0) is 24.0 Å². The van der Waals surface area contributed by atoms with Crippen LogP contribution in [0.4, 0.5) is 5.13 Å². The largest absolute Gasteiger partial charge is 0.339 e. The second kappa shape index (κ2) is 4.62. The normalized spacial score (nSPS) is 17.8. The van der Waals surface area contributed by atoms with Gasteiger partial charge in [-0.2, -0.15) is 0 Å². The molecule has 1 N–H and O–H groups in total. The summed E-state index contributed by atoms with van der Waals surface area (Å²) < 4.78 is 0. The second-order valence-electron chi connectivity index (χ2n) is 5.40. The summed E-state index contributed by atoms with van der Waals surface area (Å²) in [5.74, 6) is 0. The number of fused-ring (bicyclic) bond motifs is 1. The first kappa shape index (κ1) is 11.4. The van der Waals surface area contributed by atoms with Crippen LogP contribution in [0.15, 0.2) is 29.6 Å². The summed E-state index contributed by atoms with van der Waals surface area (Å²) >= 11 is 1.76. The Morgan fingerprint density at radius 2 is 1.95 bits per heavy atom. The molecule has 0 radical (unpaired) electrons. The van der Waals surface area contributed by atoms with E-state index in [2.05, 4.69) is 39.9 Å². The van der Waals surface area contributed by atoms with Crippen molar-refractivity contribution in [3.63, 3.8) is 0 Å². The third-order valence-electron chi connectivity index (χ3n) is 3.80. The van der Waals surface area contributed by atoms with Crippen molar-refractivity contribution in [3.8, 4) is 0 Å². The van der Waals surface area contributed by atoms with Crippen LogP contribution in [0.1, 0.15) is 29.7 Å². The molecule has 0 spiro atoms. The number of hydrogen-bond acceptors (Lipinski definition) is 4. The molecular weight excluding hydrogens is 254 g/mol. The van der Waals surface area contributed by atoms with Gasteiger partial charge in [0, 0.05) is 31.1 Å². The van der Waals surface area contributed by atoms with E-state index >= 15 is 0 Å². The van der Waals surface area contributed by atoms with Crippen LogP contribution in [-0.4, -0.2) is 11.0 Å². The van der Waals surface area contributed by atoms with Gasteiger partial charge in [0.25, 0.3) is 0 Å². The third-order valence-corrected chi connectivity index (χ3v) is 4.75. The van der Waals surface area contributed by atoms with E-state index in [-0.39, 0.29) is 0 Å². The molecule has 0 saturated heterocycles. The predicted octanol–water partition coefficient (Wildman–Crippen LogP) is 2.92. The first-order valence-corrected chi connectivity index (χ1v) is 7.76. The highest BCUT2D eigenvalue weighted by atomic mass is 32.1. The Morgan fingerprint density at radius 1 is 1.21 bits per heavy atom. The lowest BCUT2D eigenvalue weighted by Crippen LogP contribution is -2.17. The average molecular weight is 271 g/mol. The minimum atomic E-state index is 0.751. The summed E-state index contributed by atoms with van der Waals surface area (Å²) in [4.78, 5) is 7.13. The Balaban J connectivity index is 1.45. The third kappa shape index (κ3) is 2.38. The molecule has 1 aromatic carbocycles. The van der Waals surface area contributed by atoms with Crippen LogP contribution in [0, 0.1) is 0 Å². The molecule has 0 atom stereocenters. The maximum absolute atomic E-state index is 4.76. The molecule has 0 amide bonds. The molecule has 98 valence electrons. The van der Waals surface area contributed by atoms with Gasteiger partial charge in [0.15, 0.2) is 5.13 Å². The fourth-order valence-electron chi connectivity index (χ4n) is 2.53. The van der Waals surface area contributed by atoms with Crippen LogP contribution in [-0.2, 0) is 19.6 Å². The molecule has 2 heterocycles. The van der Waals surface area contributed by atoms with Gasteiger partial charge in [-0.25, -0.2) is 4.98 Å². The van der Waals surface area contributed by atoms with Crippen molar-refractivity contribution in [2.24, 2.45) is 0 Å². The van der Waals surface area contributed by atoms with Gasteiger partial charge in [0.2, 0.25) is 0 Å². The van der Waals surface area contributed by atoms with Crippen LogP contribution in [0.25, 0.3) is 0 Å². The molecular formula is C15H17N3S. The van der Waals surface area contributed by atoms with E-state index in [4.69, 9.17) is 4.98 Å². The summed E-state index contributed by atoms with van der Waals surface area (Å²) in [6.07, 6.45) is 2.66. The summed E-state index contributed by atoms with van der Waals surface area (Å²) in [6.45, 7) is 2.92. The highest BCUT2D eigenvalue weighted by Crippen LogP contribution is 2.30. The predicted molar refractivity (Wildman–Crippen MR) is 78.3 cm³/mol. The number of thiazole rings is 1. The minimum Gasteiger partial charge on any atom is -0.339 e. The molecule has 1 aromatic heterocycles. The first-order valence-electron chi connectivity index (χ1n) is 6.88. The summed E-state index contributed by atoms with van der Waals surface area (Å²) in [5.41, 5.74) is 4.06. The minimum absolute atomic E-state index is 0.751. The van der Waals surface area contributed by atoms with Gasteiger partial charge in [0.05, 0.1) is 5.69 Å². The van der Waals surface area contributed by atoms with Crippen molar-refractivity contribution in [2.75, 3.05) is 4.90 Å². The number of nitrogens with one attached hydrogen (secondary N) is 1. The van der Waals surface area contributed by atoms with Gasteiger partial charge in [-0.3, -0.25) is 0 Å². The molecule has 4 rings (SSSR count). The molecule has 1 fully saturated rings. The summed E-state index contributed by atoms with van der Waals surface area (Å²) in [5, 5.41) is 6.86. The van der Waals surface area contributed by atoms with E-state index in [1.54, 1.807) is 11.3 Å². The van der Waals surface area contributed by atoms with E-state index < -0.39 is 0 Å². The number of benzene rings is 1. The van der Waals surface area contributed by atoms with Crippen LogP contribution in [0.2, 0.25) is 0 Å². The Bertz CT molecular complexity index is 564. The summed E-state index contributed by atoms with van der Waals surface area (Å²) in [6, 6.07) is 9.43. The van der Waals surface area contributed by atoms with E-state index in [1.165, 1.54) is 29.7 Å². The fraction of sp³-hybridized carbons (Fsp3) is 0.400. The lowest BCUT2D eigenvalue weighted by atomic mass is 10.1. The van der Waals surface area contributed by atoms with Crippen LogP contribution < -0.4 is 10.2 Å². The quantitative estimate of drug-likeness (QED) is 0.926. The van der Waals surface area contributed by atoms with Crippen molar-refractivity contribution < 1.29 is 0 Å². The highest BCUT2D eigenvalue weighted by molar-refractivity contribution is 7.13. The zero-order valence-electron chi connectivity index (χ0n) is 10.8. The molecule has 3 nitrogen and oxygen atoms in total. The van der Waals surface area contributed by atoms with Crippen molar-refractivity contribution in [1.29, 1.82) is 0 Å². The Hall–Kier alpha value is -1.39. The number of nitrogens with zero attached hydrogens (tertiary/aromatic N) is 2. The number of hydrogen-bond donors (Lipinski definition) is 1. The standard InChI is InChI=1S/C15H17N3S/c1-2-4-12-9-18(8-11(12)3-1)15-17-14(10-19-15)7-16-13-5-6-13/h1-4,10,13,16H,5-9H2. The van der Waals surface area contributed by atoms with Crippen molar-refractivity contribution in [1.82, 2.24) is 10.3 Å². The molecule has 0 bridgehead atoms. The summed E-state index contributed by atoms with van der Waals surface area (Å²) in [7, 11) is 0. The van der Waals surface area contributed by atoms with Gasteiger partial charge >= 0.3 is 0 Å². The topological polar surface area (TPSA) is 28.2 Å². The molecule has 1 aliphatic carbocycles. The van der Waals surface area contributed by atoms with Crippen LogP contribution in [0.3, 0.4) is 0 Å². The monoisotopic (exact) mass is 271 g/mol. The van der Waals surface area contributed by atoms with Gasteiger partial charge < -0.3 is 10.2 Å². The van der Waals surface area contributed by atoms with Gasteiger partial charge in [-0.1, -0.05) is 24.3 Å². The zero-order chi connectivity index (χ0) is 12.7. The van der Waals surface area contributed by atoms with Crippen LogP contribution >= 0.6 is 11.3 Å². The number of aromatic nitrogens is 1. The molecule has 1 aliphatic heterocycles. The highest BCUT2D eigenvalue weighted by Gasteiger charge is 2.22. The van der Waals surface area contributed by atoms with Gasteiger partial charge in [0.1, 0.15) is 0 Å².